The summed E-state index contributed by atoms with van der Waals surface area (Å²) in [6, 6.07) is 0.421. The maximum Gasteiger partial charge on any atom is 0.224 e. The molecule has 0 atom stereocenters. The van der Waals surface area contributed by atoms with Crippen LogP contribution in [0.25, 0.3) is 0 Å². The van der Waals surface area contributed by atoms with E-state index in [1.807, 2.05) is 6.92 Å². The maximum absolute atomic E-state index is 5.77. The number of aromatic nitrogens is 2. The molecule has 1 aromatic rings. The third-order valence-electron chi connectivity index (χ3n) is 2.15. The Bertz CT molecular complexity index is 312. The first kappa shape index (κ1) is 11.2. The van der Waals surface area contributed by atoms with Crippen LogP contribution in [0.2, 0.25) is 5.28 Å². The van der Waals surface area contributed by atoms with Crippen molar-refractivity contribution in [1.82, 2.24) is 9.97 Å². The first-order valence-electron chi connectivity index (χ1n) is 4.82. The molecule has 0 aliphatic heterocycles. The largest absolute Gasteiger partial charge is 0.354 e. The molecule has 0 spiro atoms. The molecule has 1 rings (SSSR count). The zero-order valence-corrected chi connectivity index (χ0v) is 9.84. The van der Waals surface area contributed by atoms with Gasteiger partial charge in [0.15, 0.2) is 0 Å². The Morgan fingerprint density at radius 1 is 1.50 bits per heavy atom. The summed E-state index contributed by atoms with van der Waals surface area (Å²) in [5, 5.41) is 0.310. The fourth-order valence-electron chi connectivity index (χ4n) is 1.46. The van der Waals surface area contributed by atoms with Gasteiger partial charge in [-0.3, -0.25) is 0 Å². The molecule has 0 aliphatic carbocycles. The Balaban J connectivity index is 3.08. The van der Waals surface area contributed by atoms with E-state index in [1.54, 1.807) is 6.20 Å². The number of hydrogen-bond donors (Lipinski definition) is 0. The average Bonchev–Trinajstić information content (AvgIpc) is 2.11. The van der Waals surface area contributed by atoms with Crippen LogP contribution in [0.15, 0.2) is 6.20 Å². The second kappa shape index (κ2) is 4.60. The molecule has 0 radical (unpaired) electrons. The van der Waals surface area contributed by atoms with Crippen LogP contribution >= 0.6 is 11.6 Å². The minimum Gasteiger partial charge on any atom is -0.354 e. The molecule has 78 valence electrons. The molecule has 0 amide bonds. The molecule has 0 aromatic carbocycles. The van der Waals surface area contributed by atoms with E-state index in [9.17, 15) is 0 Å². The Morgan fingerprint density at radius 3 is 2.64 bits per heavy atom. The summed E-state index contributed by atoms with van der Waals surface area (Å²) in [6.45, 7) is 9.30. The summed E-state index contributed by atoms with van der Waals surface area (Å²) in [6.07, 6.45) is 1.76. The van der Waals surface area contributed by atoms with E-state index in [4.69, 9.17) is 11.6 Å². The molecule has 14 heavy (non-hydrogen) atoms. The van der Waals surface area contributed by atoms with E-state index in [2.05, 4.69) is 35.6 Å². The van der Waals surface area contributed by atoms with Gasteiger partial charge in [-0.1, -0.05) is 0 Å². The van der Waals surface area contributed by atoms with Gasteiger partial charge in [0, 0.05) is 24.3 Å². The van der Waals surface area contributed by atoms with Gasteiger partial charge >= 0.3 is 0 Å². The van der Waals surface area contributed by atoms with Gasteiger partial charge in [0.1, 0.15) is 5.82 Å². The van der Waals surface area contributed by atoms with Crippen molar-refractivity contribution in [3.63, 3.8) is 0 Å². The molecular weight excluding hydrogens is 198 g/mol. The number of aryl methyl sites for hydroxylation is 1. The minimum absolute atomic E-state index is 0.310. The van der Waals surface area contributed by atoms with E-state index >= 15 is 0 Å². The molecule has 0 unspecified atom stereocenters. The zero-order valence-electron chi connectivity index (χ0n) is 9.08. The highest BCUT2D eigenvalue weighted by Crippen LogP contribution is 2.19. The molecule has 0 bridgehead atoms. The summed E-state index contributed by atoms with van der Waals surface area (Å²) >= 11 is 5.77. The summed E-state index contributed by atoms with van der Waals surface area (Å²) in [4.78, 5) is 10.4. The molecule has 3 nitrogen and oxygen atoms in total. The lowest BCUT2D eigenvalue weighted by Crippen LogP contribution is -2.31. The zero-order chi connectivity index (χ0) is 10.7. The highest BCUT2D eigenvalue weighted by molar-refractivity contribution is 6.28. The lowest BCUT2D eigenvalue weighted by atomic mass is 10.2. The van der Waals surface area contributed by atoms with Gasteiger partial charge in [0.25, 0.3) is 0 Å². The van der Waals surface area contributed by atoms with Crippen LogP contribution in [-0.2, 0) is 0 Å². The van der Waals surface area contributed by atoms with Crippen molar-refractivity contribution in [1.29, 1.82) is 0 Å². The third kappa shape index (κ3) is 2.35. The fourth-order valence-corrected chi connectivity index (χ4v) is 1.59. The van der Waals surface area contributed by atoms with E-state index in [-0.39, 0.29) is 0 Å². The van der Waals surface area contributed by atoms with E-state index in [0.717, 1.165) is 17.9 Å². The highest BCUT2D eigenvalue weighted by Gasteiger charge is 2.13. The normalized spacial score (nSPS) is 10.7. The average molecular weight is 214 g/mol. The summed E-state index contributed by atoms with van der Waals surface area (Å²) in [7, 11) is 0. The number of nitrogens with zero attached hydrogens (tertiary/aromatic N) is 3. The van der Waals surface area contributed by atoms with Crippen LogP contribution in [0.5, 0.6) is 0 Å². The molecule has 0 aliphatic rings. The third-order valence-corrected chi connectivity index (χ3v) is 2.33. The molecule has 0 fully saturated rings. The summed E-state index contributed by atoms with van der Waals surface area (Å²) in [5.74, 6) is 0.933. The van der Waals surface area contributed by atoms with Crippen LogP contribution in [0.4, 0.5) is 5.82 Å². The Kier molecular flexibility index (Phi) is 3.69. The quantitative estimate of drug-likeness (QED) is 0.723. The van der Waals surface area contributed by atoms with Gasteiger partial charge in [-0.25, -0.2) is 9.97 Å². The molecule has 1 aromatic heterocycles. The topological polar surface area (TPSA) is 29.0 Å². The summed E-state index contributed by atoms with van der Waals surface area (Å²) < 4.78 is 0. The van der Waals surface area contributed by atoms with Crippen LogP contribution in [0.3, 0.4) is 0 Å². The Labute approximate surface area is 90.1 Å². The second-order valence-electron chi connectivity index (χ2n) is 3.53. The van der Waals surface area contributed by atoms with E-state index in [1.165, 1.54) is 0 Å². The second-order valence-corrected chi connectivity index (χ2v) is 3.86. The SMILES string of the molecule is CCN(c1nc(Cl)ncc1C)C(C)C. The van der Waals surface area contributed by atoms with Crippen molar-refractivity contribution in [2.45, 2.75) is 33.7 Å². The Morgan fingerprint density at radius 2 is 2.14 bits per heavy atom. The standard InChI is InChI=1S/C10H16ClN3/c1-5-14(7(2)3)9-8(4)6-12-10(11)13-9/h6-7H,5H2,1-4H3. The van der Waals surface area contributed by atoms with Crippen molar-refractivity contribution in [2.24, 2.45) is 0 Å². The van der Waals surface area contributed by atoms with Gasteiger partial charge in [-0.15, -0.1) is 0 Å². The molecule has 0 N–H and O–H groups in total. The fraction of sp³-hybridized carbons (Fsp3) is 0.600. The van der Waals surface area contributed by atoms with Crippen molar-refractivity contribution >= 4 is 17.4 Å². The number of halogens is 1. The van der Waals surface area contributed by atoms with Crippen LogP contribution in [0.1, 0.15) is 26.3 Å². The molecule has 4 heteroatoms. The maximum atomic E-state index is 5.77. The van der Waals surface area contributed by atoms with Crippen molar-refractivity contribution < 1.29 is 0 Å². The molecular formula is C10H16ClN3. The van der Waals surface area contributed by atoms with Gasteiger partial charge in [-0.05, 0) is 39.3 Å². The predicted molar refractivity (Wildman–Crippen MR) is 59.9 cm³/mol. The molecule has 0 saturated carbocycles. The van der Waals surface area contributed by atoms with Gasteiger partial charge in [-0.2, -0.15) is 0 Å². The van der Waals surface area contributed by atoms with Crippen molar-refractivity contribution in [3.05, 3.63) is 17.0 Å². The lowest BCUT2D eigenvalue weighted by molar-refractivity contribution is 0.689. The van der Waals surface area contributed by atoms with Gasteiger partial charge in [0.05, 0.1) is 0 Å². The number of hydrogen-bond acceptors (Lipinski definition) is 3. The van der Waals surface area contributed by atoms with Crippen molar-refractivity contribution in [2.75, 3.05) is 11.4 Å². The first-order chi connectivity index (χ1) is 6.56. The molecule has 1 heterocycles. The Hall–Kier alpha value is -0.830. The summed E-state index contributed by atoms with van der Waals surface area (Å²) in [5.41, 5.74) is 1.06. The van der Waals surface area contributed by atoms with Crippen LogP contribution in [-0.4, -0.2) is 22.6 Å². The van der Waals surface area contributed by atoms with E-state index < -0.39 is 0 Å². The minimum atomic E-state index is 0.310. The van der Waals surface area contributed by atoms with Crippen LogP contribution in [0, 0.1) is 6.92 Å². The smallest absolute Gasteiger partial charge is 0.224 e. The lowest BCUT2D eigenvalue weighted by Gasteiger charge is -2.27. The highest BCUT2D eigenvalue weighted by atomic mass is 35.5. The van der Waals surface area contributed by atoms with Gasteiger partial charge in [0.2, 0.25) is 5.28 Å². The monoisotopic (exact) mass is 213 g/mol. The number of anilines is 1. The van der Waals surface area contributed by atoms with E-state index in [0.29, 0.717) is 11.3 Å². The first-order valence-corrected chi connectivity index (χ1v) is 5.19. The van der Waals surface area contributed by atoms with Crippen molar-refractivity contribution in [3.8, 4) is 0 Å². The number of rotatable bonds is 3. The van der Waals surface area contributed by atoms with Gasteiger partial charge < -0.3 is 4.90 Å². The van der Waals surface area contributed by atoms with Crippen LogP contribution < -0.4 is 4.90 Å². The predicted octanol–water partition coefficient (Wildman–Crippen LogP) is 2.67. The molecule has 0 saturated heterocycles.